The molecule has 1 N–H and O–H groups in total. The van der Waals surface area contributed by atoms with Crippen LogP contribution in [0.25, 0.3) is 11.6 Å². The summed E-state index contributed by atoms with van der Waals surface area (Å²) in [6, 6.07) is 21.6. The fourth-order valence-electron chi connectivity index (χ4n) is 5.26. The first kappa shape index (κ1) is 21.5. The van der Waals surface area contributed by atoms with E-state index in [0.29, 0.717) is 0 Å². The zero-order valence-electron chi connectivity index (χ0n) is 19.6. The summed E-state index contributed by atoms with van der Waals surface area (Å²) in [5.74, 6) is 0.754. The Morgan fingerprint density at radius 2 is 1.67 bits per heavy atom. The number of benzene rings is 3. The first-order valence-electron chi connectivity index (χ1n) is 12.2. The van der Waals surface area contributed by atoms with Gasteiger partial charge < -0.3 is 5.32 Å². The fraction of sp³-hybridized carbons (Fsp3) is 0.258. The second-order valence-corrected chi connectivity index (χ2v) is 9.47. The summed E-state index contributed by atoms with van der Waals surface area (Å²) in [4.78, 5) is 4.21. The number of hydrogen-bond donors (Lipinski definition) is 1. The van der Waals surface area contributed by atoms with Crippen LogP contribution in [-0.4, -0.2) is 6.21 Å². The molecule has 0 saturated carbocycles. The third-order valence-corrected chi connectivity index (χ3v) is 6.69. The molecule has 33 heavy (non-hydrogen) atoms. The molecule has 1 aliphatic heterocycles. The van der Waals surface area contributed by atoms with Gasteiger partial charge in [0.2, 0.25) is 0 Å². The van der Waals surface area contributed by atoms with Gasteiger partial charge >= 0.3 is 0 Å². The van der Waals surface area contributed by atoms with Crippen LogP contribution in [0.3, 0.4) is 0 Å². The molecule has 0 atom stereocenters. The van der Waals surface area contributed by atoms with Crippen LogP contribution in [0.2, 0.25) is 0 Å². The monoisotopic (exact) mass is 432 g/mol. The zero-order valence-corrected chi connectivity index (χ0v) is 19.6. The maximum absolute atomic E-state index is 4.21. The molecular formula is C31H32N2. The number of nitrogens with one attached hydrogen (secondary N) is 1. The first-order chi connectivity index (χ1) is 16.2. The molecule has 2 nitrogen and oxygen atoms in total. The van der Waals surface area contributed by atoms with Gasteiger partial charge in [-0.05, 0) is 88.2 Å². The van der Waals surface area contributed by atoms with E-state index >= 15 is 0 Å². The van der Waals surface area contributed by atoms with Crippen LogP contribution in [0.1, 0.15) is 44.2 Å². The summed E-state index contributed by atoms with van der Waals surface area (Å²) >= 11 is 0. The van der Waals surface area contributed by atoms with Crippen molar-refractivity contribution in [2.75, 3.05) is 5.32 Å². The molecule has 0 radical (unpaired) electrons. The van der Waals surface area contributed by atoms with Crippen LogP contribution >= 0.6 is 0 Å². The first-order valence-corrected chi connectivity index (χ1v) is 12.2. The fourth-order valence-corrected chi connectivity index (χ4v) is 5.26. The number of nitrogens with zero attached hydrogens (tertiary/aromatic N) is 1. The van der Waals surface area contributed by atoms with E-state index in [-0.39, 0.29) is 0 Å². The lowest BCUT2D eigenvalue weighted by Crippen LogP contribution is -2.23. The van der Waals surface area contributed by atoms with E-state index in [9.17, 15) is 0 Å². The Morgan fingerprint density at radius 3 is 2.58 bits per heavy atom. The van der Waals surface area contributed by atoms with Crippen molar-refractivity contribution in [1.82, 2.24) is 0 Å². The Morgan fingerprint density at radius 1 is 0.848 bits per heavy atom. The Balaban J connectivity index is 0.000000174. The molecule has 0 saturated heterocycles. The third-order valence-electron chi connectivity index (χ3n) is 6.69. The van der Waals surface area contributed by atoms with Gasteiger partial charge in [-0.25, -0.2) is 0 Å². The van der Waals surface area contributed by atoms with E-state index in [1.807, 2.05) is 36.5 Å². The van der Waals surface area contributed by atoms with Crippen molar-refractivity contribution >= 4 is 29.2 Å². The predicted octanol–water partition coefficient (Wildman–Crippen LogP) is 6.17. The molecule has 0 spiro atoms. The Labute approximate surface area is 196 Å². The van der Waals surface area contributed by atoms with Crippen LogP contribution in [-0.2, 0) is 12.8 Å². The summed E-state index contributed by atoms with van der Waals surface area (Å²) in [7, 11) is 0. The molecule has 2 aliphatic carbocycles. The van der Waals surface area contributed by atoms with E-state index in [2.05, 4.69) is 66.6 Å². The normalized spacial score (nSPS) is 15.1. The lowest BCUT2D eigenvalue weighted by Gasteiger charge is -2.21. The highest BCUT2D eigenvalue weighted by Crippen LogP contribution is 2.25. The minimum Gasteiger partial charge on any atom is -0.360 e. The molecule has 2 heteroatoms. The molecule has 166 valence electrons. The standard InChI is InChI=1S/C22H24.C9H8N2/c1-15(2)14-17-7-5-9-20-19(17)12-13-21-18-8-4-3-6-16(18)10-11-22(20)21;1-2-5-9-8(4-1)10-6-3-7-11-9/h3-4,6,8,10,12-13,15H,5,7,9,11,14H2,1-2H3;1-7,10H. The van der Waals surface area contributed by atoms with Crippen molar-refractivity contribution in [3.8, 4) is 0 Å². The quantitative estimate of drug-likeness (QED) is 0.514. The van der Waals surface area contributed by atoms with Gasteiger partial charge in [-0.15, -0.1) is 0 Å². The van der Waals surface area contributed by atoms with E-state index in [1.165, 1.54) is 41.3 Å². The van der Waals surface area contributed by atoms with Crippen molar-refractivity contribution in [1.29, 1.82) is 0 Å². The van der Waals surface area contributed by atoms with E-state index in [4.69, 9.17) is 0 Å². The summed E-state index contributed by atoms with van der Waals surface area (Å²) in [5, 5.41) is 8.99. The highest BCUT2D eigenvalue weighted by atomic mass is 14.9. The minimum absolute atomic E-state index is 0.754. The van der Waals surface area contributed by atoms with E-state index in [1.54, 1.807) is 28.1 Å². The third kappa shape index (κ3) is 4.57. The summed E-state index contributed by atoms with van der Waals surface area (Å²) in [6.45, 7) is 4.67. The van der Waals surface area contributed by atoms with Gasteiger partial charge in [-0.3, -0.25) is 4.99 Å². The van der Waals surface area contributed by atoms with Crippen LogP contribution in [0.5, 0.6) is 0 Å². The number of fused-ring (bicyclic) bond motifs is 5. The Bertz CT molecular complexity index is 1440. The number of rotatable bonds is 2. The lowest BCUT2D eigenvalue weighted by molar-refractivity contribution is 0.646. The molecule has 0 amide bonds. The molecule has 6 rings (SSSR count). The van der Waals surface area contributed by atoms with Crippen LogP contribution in [0, 0.1) is 16.4 Å². The molecular weight excluding hydrogens is 400 g/mol. The largest absolute Gasteiger partial charge is 0.360 e. The molecule has 0 bridgehead atoms. The number of anilines is 1. The summed E-state index contributed by atoms with van der Waals surface area (Å²) in [5.41, 5.74) is 6.97. The number of allylic oxidation sites excluding steroid dienone is 1. The second-order valence-electron chi connectivity index (χ2n) is 9.47. The van der Waals surface area contributed by atoms with E-state index in [0.717, 1.165) is 23.7 Å². The highest BCUT2D eigenvalue weighted by molar-refractivity contribution is 5.81. The van der Waals surface area contributed by atoms with Crippen molar-refractivity contribution in [2.24, 2.45) is 10.9 Å². The molecule has 3 aliphatic rings. The second kappa shape index (κ2) is 9.62. The van der Waals surface area contributed by atoms with Gasteiger partial charge in [0, 0.05) is 12.4 Å². The molecule has 1 heterocycles. The van der Waals surface area contributed by atoms with E-state index < -0.39 is 0 Å². The lowest BCUT2D eigenvalue weighted by atomic mass is 9.84. The van der Waals surface area contributed by atoms with Gasteiger partial charge in [0.05, 0.1) is 11.4 Å². The van der Waals surface area contributed by atoms with Gasteiger partial charge in [-0.1, -0.05) is 74.0 Å². The predicted molar refractivity (Wildman–Crippen MR) is 141 cm³/mol. The van der Waals surface area contributed by atoms with Gasteiger partial charge in [-0.2, -0.15) is 0 Å². The van der Waals surface area contributed by atoms with Crippen molar-refractivity contribution in [3.63, 3.8) is 0 Å². The Kier molecular flexibility index (Phi) is 6.26. The molecule has 3 aromatic rings. The van der Waals surface area contributed by atoms with Crippen molar-refractivity contribution in [2.45, 2.75) is 46.0 Å². The number of aliphatic imine (C=N–C) groups is 1. The maximum atomic E-state index is 4.21. The molecule has 0 fully saturated rings. The summed E-state index contributed by atoms with van der Waals surface area (Å²) < 4.78 is 0. The number of hydrogen-bond acceptors (Lipinski definition) is 2. The van der Waals surface area contributed by atoms with Crippen molar-refractivity contribution in [3.05, 3.63) is 105 Å². The van der Waals surface area contributed by atoms with Gasteiger partial charge in [0.15, 0.2) is 0 Å². The molecule has 3 aromatic carbocycles. The summed E-state index contributed by atoms with van der Waals surface area (Å²) in [6.07, 6.45) is 14.2. The molecule has 0 unspecified atom stereocenters. The van der Waals surface area contributed by atoms with Crippen LogP contribution in [0.4, 0.5) is 11.4 Å². The van der Waals surface area contributed by atoms with Crippen LogP contribution in [0.15, 0.2) is 77.9 Å². The molecule has 0 aromatic heterocycles. The minimum atomic E-state index is 0.754. The van der Waals surface area contributed by atoms with Gasteiger partial charge in [0.25, 0.3) is 0 Å². The topological polar surface area (TPSA) is 24.4 Å². The average molecular weight is 433 g/mol. The Hall–Kier alpha value is -3.39. The van der Waals surface area contributed by atoms with Crippen molar-refractivity contribution < 1.29 is 0 Å². The maximum Gasteiger partial charge on any atom is 0.0864 e. The van der Waals surface area contributed by atoms with Crippen LogP contribution < -0.4 is 15.8 Å². The van der Waals surface area contributed by atoms with Gasteiger partial charge in [0.1, 0.15) is 0 Å². The number of para-hydroxylation sites is 2. The average Bonchev–Trinajstić information content (AvgIpc) is 3.09. The smallest absolute Gasteiger partial charge is 0.0864 e. The zero-order chi connectivity index (χ0) is 22.6. The SMILES string of the molecule is C1=CNc2ccccc2N=C1.CC(C)CC1=c2ccc3c(c2CCC1)CC=c1ccccc1=3. The highest BCUT2D eigenvalue weighted by Gasteiger charge is 2.16.